The molecule has 188 valence electrons. The van der Waals surface area contributed by atoms with Crippen LogP contribution < -0.4 is 5.73 Å². The number of nitrogens with two attached hydrogens (primary N) is 1. The molecule has 1 aromatic carbocycles. The summed E-state index contributed by atoms with van der Waals surface area (Å²) in [6.07, 6.45) is 0.388. The first-order chi connectivity index (χ1) is 17.0. The molecular formula is C26H27N3O7. The highest BCUT2D eigenvalue weighted by molar-refractivity contribution is 6.16. The fourth-order valence-corrected chi connectivity index (χ4v) is 6.37. The average molecular weight is 494 g/mol. The minimum absolute atomic E-state index is 0.0306. The molecule has 6 atom stereocenters. The minimum atomic E-state index is -2.60. The summed E-state index contributed by atoms with van der Waals surface area (Å²) in [5.41, 5.74) is 4.38. The summed E-state index contributed by atoms with van der Waals surface area (Å²) in [6, 6.07) is 7.47. The molecule has 10 nitrogen and oxygen atoms in total. The van der Waals surface area contributed by atoms with E-state index in [-0.39, 0.29) is 29.7 Å². The normalized spacial score (nSPS) is 31.6. The van der Waals surface area contributed by atoms with Crippen LogP contribution in [0, 0.1) is 17.8 Å². The number of pyridine rings is 1. The van der Waals surface area contributed by atoms with Gasteiger partial charge in [0.1, 0.15) is 17.4 Å². The molecule has 1 heterocycles. The number of aliphatic hydroxyl groups is 3. The van der Waals surface area contributed by atoms with E-state index in [1.165, 1.54) is 6.07 Å². The van der Waals surface area contributed by atoms with Crippen LogP contribution in [0.25, 0.3) is 11.3 Å². The second kappa shape index (κ2) is 8.22. The largest absolute Gasteiger partial charge is 0.508 e. The number of fused-ring (bicyclic) bond motifs is 3. The van der Waals surface area contributed by atoms with E-state index in [9.17, 15) is 34.8 Å². The van der Waals surface area contributed by atoms with Crippen molar-refractivity contribution in [1.29, 1.82) is 0 Å². The molecule has 1 amide bonds. The molecule has 0 saturated heterocycles. The summed E-state index contributed by atoms with van der Waals surface area (Å²) in [7, 11) is 3.24. The van der Waals surface area contributed by atoms with Gasteiger partial charge in [-0.25, -0.2) is 0 Å². The third-order valence-corrected chi connectivity index (χ3v) is 7.92. The van der Waals surface area contributed by atoms with Gasteiger partial charge in [0.2, 0.25) is 5.91 Å². The number of rotatable bonds is 3. The highest BCUT2D eigenvalue weighted by Gasteiger charge is 2.66. The van der Waals surface area contributed by atoms with E-state index in [2.05, 4.69) is 4.98 Å². The van der Waals surface area contributed by atoms with Crippen molar-refractivity contribution in [2.24, 2.45) is 23.5 Å². The van der Waals surface area contributed by atoms with Crippen molar-refractivity contribution >= 4 is 17.5 Å². The van der Waals surface area contributed by atoms with Crippen molar-refractivity contribution in [3.63, 3.8) is 0 Å². The topological polar surface area (TPSA) is 174 Å². The van der Waals surface area contributed by atoms with Gasteiger partial charge < -0.3 is 31.1 Å². The monoisotopic (exact) mass is 493 g/mol. The average Bonchev–Trinajstić information content (AvgIpc) is 2.81. The van der Waals surface area contributed by atoms with Crippen LogP contribution >= 0.6 is 0 Å². The zero-order valence-electron chi connectivity index (χ0n) is 19.8. The summed E-state index contributed by atoms with van der Waals surface area (Å²) >= 11 is 0. The van der Waals surface area contributed by atoms with E-state index < -0.39 is 58.7 Å². The standard InChI is InChI=1S/C26H27N3O7/c1-29(2)20-14-10-11-9-13-12(15-5-3-4-8-28-15)6-7-16(30)18(13)21(31)17(11)23(33)26(14,36)24(34)19(22(20)32)25(27)35/h3-8,11,14,19-20,22,30,32-33,36H,9-10H2,1-2H3,(H2,27,35)/t11-,14-,19?,20-,22?,26-/m0/s1. The smallest absolute Gasteiger partial charge is 0.230 e. The summed E-state index contributed by atoms with van der Waals surface area (Å²) < 4.78 is 0. The number of likely N-dealkylation sites (N-methyl/N-ethyl adjacent to an activating group) is 1. The third-order valence-electron chi connectivity index (χ3n) is 7.92. The number of aromatic hydroxyl groups is 1. The number of amides is 1. The lowest BCUT2D eigenvalue weighted by Crippen LogP contribution is -2.71. The van der Waals surface area contributed by atoms with Crippen molar-refractivity contribution in [3.8, 4) is 17.0 Å². The van der Waals surface area contributed by atoms with Gasteiger partial charge in [0.15, 0.2) is 17.2 Å². The Morgan fingerprint density at radius 1 is 1.17 bits per heavy atom. The maximum absolute atomic E-state index is 13.7. The molecule has 0 radical (unpaired) electrons. The molecular weight excluding hydrogens is 466 g/mol. The molecule has 36 heavy (non-hydrogen) atoms. The number of phenols is 1. The first-order valence-electron chi connectivity index (χ1n) is 11.6. The van der Waals surface area contributed by atoms with Crippen LogP contribution in [-0.4, -0.2) is 79.6 Å². The molecule has 6 N–H and O–H groups in total. The summed E-state index contributed by atoms with van der Waals surface area (Å²) in [5, 5.41) is 44.5. The molecule has 1 saturated carbocycles. The minimum Gasteiger partial charge on any atom is -0.508 e. The number of carbonyl (C=O) groups excluding carboxylic acids is 3. The van der Waals surface area contributed by atoms with Gasteiger partial charge in [-0.15, -0.1) is 0 Å². The summed E-state index contributed by atoms with van der Waals surface area (Å²) in [6.45, 7) is 0. The predicted octanol–water partition coefficient (Wildman–Crippen LogP) is 0.348. The number of allylic oxidation sites excluding steroid dienone is 1. The van der Waals surface area contributed by atoms with Gasteiger partial charge in [-0.1, -0.05) is 6.07 Å². The zero-order valence-corrected chi connectivity index (χ0v) is 19.8. The molecule has 1 fully saturated rings. The number of Topliss-reactive ketones (excluding diaryl/α,β-unsaturated/α-hetero) is 2. The third kappa shape index (κ3) is 3.15. The van der Waals surface area contributed by atoms with Gasteiger partial charge in [0, 0.05) is 29.3 Å². The second-order valence-electron chi connectivity index (χ2n) is 9.99. The summed E-state index contributed by atoms with van der Waals surface area (Å²) in [5.74, 6) is -7.55. The molecule has 3 aliphatic rings. The Balaban J connectivity index is 1.72. The Morgan fingerprint density at radius 2 is 1.89 bits per heavy atom. The number of phenolic OH excluding ortho intramolecular Hbond substituents is 1. The van der Waals surface area contributed by atoms with Crippen molar-refractivity contribution in [1.82, 2.24) is 9.88 Å². The lowest BCUT2D eigenvalue weighted by Gasteiger charge is -2.53. The molecule has 3 aliphatic carbocycles. The van der Waals surface area contributed by atoms with Gasteiger partial charge in [-0.2, -0.15) is 0 Å². The first-order valence-corrected chi connectivity index (χ1v) is 11.6. The van der Waals surface area contributed by atoms with E-state index >= 15 is 0 Å². The van der Waals surface area contributed by atoms with Gasteiger partial charge in [0.25, 0.3) is 0 Å². The molecule has 2 aromatic rings. The highest BCUT2D eigenvalue weighted by Crippen LogP contribution is 2.53. The van der Waals surface area contributed by atoms with E-state index in [0.717, 1.165) is 0 Å². The Bertz CT molecular complexity index is 1320. The Morgan fingerprint density at radius 3 is 2.50 bits per heavy atom. The zero-order chi connectivity index (χ0) is 26.1. The van der Waals surface area contributed by atoms with Gasteiger partial charge >= 0.3 is 0 Å². The number of primary amides is 1. The molecule has 0 spiro atoms. The molecule has 0 aliphatic heterocycles. The van der Waals surface area contributed by atoms with Crippen molar-refractivity contribution < 1.29 is 34.8 Å². The fourth-order valence-electron chi connectivity index (χ4n) is 6.37. The number of hydrogen-bond donors (Lipinski definition) is 5. The van der Waals surface area contributed by atoms with Crippen LogP contribution in [-0.2, 0) is 16.0 Å². The quantitative estimate of drug-likeness (QED) is 0.378. The van der Waals surface area contributed by atoms with E-state index in [4.69, 9.17) is 5.73 Å². The lowest BCUT2D eigenvalue weighted by molar-refractivity contribution is -0.178. The predicted molar refractivity (Wildman–Crippen MR) is 127 cm³/mol. The number of carbonyl (C=O) groups is 3. The first kappa shape index (κ1) is 24.1. The number of nitrogens with zero attached hydrogens (tertiary/aromatic N) is 2. The number of hydrogen-bond acceptors (Lipinski definition) is 9. The maximum atomic E-state index is 13.7. The SMILES string of the molecule is CN(C)[C@@H]1C(O)C(C(N)=O)C(=O)[C@@]2(O)C(O)=C3C(=O)c4c(O)ccc(-c5ccccn5)c4C[C@H]3C[C@@H]12. The van der Waals surface area contributed by atoms with Crippen molar-refractivity contribution in [2.75, 3.05) is 14.1 Å². The number of aromatic nitrogens is 1. The van der Waals surface area contributed by atoms with Crippen LogP contribution in [0.2, 0.25) is 0 Å². The van der Waals surface area contributed by atoms with Crippen LogP contribution in [0.1, 0.15) is 22.3 Å². The Hall–Kier alpha value is -3.60. The van der Waals surface area contributed by atoms with E-state index in [1.807, 2.05) is 0 Å². The molecule has 2 unspecified atom stereocenters. The Labute approximate surface area is 206 Å². The van der Waals surface area contributed by atoms with Gasteiger partial charge in [0.05, 0.1) is 17.4 Å². The molecule has 1 aromatic heterocycles. The Kier molecular flexibility index (Phi) is 5.51. The van der Waals surface area contributed by atoms with Crippen molar-refractivity contribution in [2.45, 2.75) is 30.6 Å². The van der Waals surface area contributed by atoms with Gasteiger partial charge in [-0.3, -0.25) is 19.4 Å². The number of aliphatic hydroxyl groups excluding tert-OH is 2. The highest BCUT2D eigenvalue weighted by atomic mass is 16.3. The summed E-state index contributed by atoms with van der Waals surface area (Å²) in [4.78, 5) is 45.1. The van der Waals surface area contributed by atoms with Crippen LogP contribution in [0.15, 0.2) is 47.9 Å². The molecule has 10 heteroatoms. The van der Waals surface area contributed by atoms with Crippen molar-refractivity contribution in [3.05, 3.63) is 59.0 Å². The number of benzene rings is 1. The molecule has 5 rings (SSSR count). The number of ketones is 2. The van der Waals surface area contributed by atoms with Gasteiger partial charge in [-0.05, 0) is 62.7 Å². The van der Waals surface area contributed by atoms with Crippen LogP contribution in [0.4, 0.5) is 0 Å². The van der Waals surface area contributed by atoms with Crippen LogP contribution in [0.5, 0.6) is 5.75 Å². The lowest BCUT2D eigenvalue weighted by atomic mass is 9.56. The molecule has 0 bridgehead atoms. The maximum Gasteiger partial charge on any atom is 0.230 e. The fraction of sp³-hybridized carbons (Fsp3) is 0.385. The second-order valence-corrected chi connectivity index (χ2v) is 9.99. The van der Waals surface area contributed by atoms with E-state index in [1.54, 1.807) is 49.5 Å². The van der Waals surface area contributed by atoms with Crippen LogP contribution in [0.3, 0.4) is 0 Å². The van der Waals surface area contributed by atoms with E-state index in [0.29, 0.717) is 16.8 Å².